The summed E-state index contributed by atoms with van der Waals surface area (Å²) in [5, 5.41) is 11.0. The topological polar surface area (TPSA) is 78.9 Å². The highest BCUT2D eigenvalue weighted by Crippen LogP contribution is 2.19. The van der Waals surface area contributed by atoms with Crippen LogP contribution in [0.4, 0.5) is 24.5 Å². The number of rotatable bonds is 2. The lowest BCUT2D eigenvalue weighted by Gasteiger charge is -2.08. The van der Waals surface area contributed by atoms with E-state index in [1.165, 1.54) is 6.07 Å². The maximum Gasteiger partial charge on any atom is 0.258 e. The van der Waals surface area contributed by atoms with E-state index in [1.807, 2.05) is 0 Å². The van der Waals surface area contributed by atoms with Crippen molar-refractivity contribution in [2.45, 2.75) is 0 Å². The van der Waals surface area contributed by atoms with Crippen molar-refractivity contribution >= 4 is 17.3 Å². The standard InChI is InChI=1S/C14H8F3N3O/c15-10-2-1-8(3-7(10)6-18)20-14(21)9-4-13(19)12(17)5-11(9)16/h1-5H,19H2,(H,20,21). The van der Waals surface area contributed by atoms with E-state index in [0.717, 1.165) is 18.2 Å². The summed E-state index contributed by atoms with van der Waals surface area (Å²) in [6.45, 7) is 0. The summed E-state index contributed by atoms with van der Waals surface area (Å²) < 4.78 is 39.7. The molecule has 2 rings (SSSR count). The Labute approximate surface area is 117 Å². The van der Waals surface area contributed by atoms with Crippen LogP contribution in [-0.4, -0.2) is 5.91 Å². The van der Waals surface area contributed by atoms with Gasteiger partial charge in [-0.1, -0.05) is 0 Å². The van der Waals surface area contributed by atoms with Crippen LogP contribution in [-0.2, 0) is 0 Å². The van der Waals surface area contributed by atoms with Crippen molar-refractivity contribution in [3.63, 3.8) is 0 Å². The number of nitrogen functional groups attached to an aromatic ring is 1. The highest BCUT2D eigenvalue weighted by molar-refractivity contribution is 6.05. The lowest BCUT2D eigenvalue weighted by Crippen LogP contribution is -2.15. The van der Waals surface area contributed by atoms with Gasteiger partial charge < -0.3 is 11.1 Å². The number of benzene rings is 2. The van der Waals surface area contributed by atoms with Gasteiger partial charge in [-0.05, 0) is 24.3 Å². The molecule has 0 aliphatic rings. The van der Waals surface area contributed by atoms with Gasteiger partial charge in [0.25, 0.3) is 5.91 Å². The Bertz CT molecular complexity index is 769. The molecule has 4 nitrogen and oxygen atoms in total. The lowest BCUT2D eigenvalue weighted by molar-refractivity contribution is 0.102. The summed E-state index contributed by atoms with van der Waals surface area (Å²) >= 11 is 0. The number of carbonyl (C=O) groups excluding carboxylic acids is 1. The molecule has 2 aromatic rings. The Morgan fingerprint density at radius 2 is 1.81 bits per heavy atom. The van der Waals surface area contributed by atoms with Gasteiger partial charge in [0, 0.05) is 11.8 Å². The van der Waals surface area contributed by atoms with Crippen LogP contribution in [0.1, 0.15) is 15.9 Å². The van der Waals surface area contributed by atoms with Gasteiger partial charge in [0.05, 0.1) is 16.8 Å². The molecule has 21 heavy (non-hydrogen) atoms. The van der Waals surface area contributed by atoms with Gasteiger partial charge in [-0.2, -0.15) is 5.26 Å². The van der Waals surface area contributed by atoms with Crippen molar-refractivity contribution in [3.05, 3.63) is 58.9 Å². The van der Waals surface area contributed by atoms with Crippen molar-refractivity contribution in [1.29, 1.82) is 5.26 Å². The van der Waals surface area contributed by atoms with Gasteiger partial charge >= 0.3 is 0 Å². The van der Waals surface area contributed by atoms with Gasteiger partial charge in [0.1, 0.15) is 23.5 Å². The summed E-state index contributed by atoms with van der Waals surface area (Å²) in [6.07, 6.45) is 0. The number of amides is 1. The van der Waals surface area contributed by atoms with Crippen LogP contribution in [0.5, 0.6) is 0 Å². The van der Waals surface area contributed by atoms with E-state index in [9.17, 15) is 18.0 Å². The molecule has 0 atom stereocenters. The van der Waals surface area contributed by atoms with E-state index in [0.29, 0.717) is 6.07 Å². The minimum absolute atomic E-state index is 0.0975. The lowest BCUT2D eigenvalue weighted by atomic mass is 10.1. The van der Waals surface area contributed by atoms with E-state index < -0.39 is 28.9 Å². The summed E-state index contributed by atoms with van der Waals surface area (Å²) in [4.78, 5) is 11.9. The van der Waals surface area contributed by atoms with Crippen LogP contribution in [0, 0.1) is 28.8 Å². The molecule has 2 aromatic carbocycles. The molecule has 0 aliphatic carbocycles. The quantitative estimate of drug-likeness (QED) is 0.835. The van der Waals surface area contributed by atoms with E-state index in [-0.39, 0.29) is 16.9 Å². The molecule has 0 aromatic heterocycles. The number of carbonyl (C=O) groups is 1. The second-order valence-electron chi connectivity index (χ2n) is 4.11. The largest absolute Gasteiger partial charge is 0.396 e. The average molecular weight is 291 g/mol. The Hall–Kier alpha value is -3.01. The first-order valence-corrected chi connectivity index (χ1v) is 5.68. The Morgan fingerprint density at radius 1 is 1.10 bits per heavy atom. The fourth-order valence-electron chi connectivity index (χ4n) is 1.63. The van der Waals surface area contributed by atoms with Crippen molar-refractivity contribution in [2.75, 3.05) is 11.1 Å². The Morgan fingerprint density at radius 3 is 2.48 bits per heavy atom. The van der Waals surface area contributed by atoms with Crippen LogP contribution in [0.25, 0.3) is 0 Å². The molecule has 0 radical (unpaired) electrons. The van der Waals surface area contributed by atoms with Gasteiger partial charge in [-0.25, -0.2) is 13.2 Å². The van der Waals surface area contributed by atoms with Crippen molar-refractivity contribution in [1.82, 2.24) is 0 Å². The van der Waals surface area contributed by atoms with Gasteiger partial charge in [-0.3, -0.25) is 4.79 Å². The molecular formula is C14H8F3N3O. The summed E-state index contributed by atoms with van der Waals surface area (Å²) in [5.74, 6) is -3.69. The molecule has 0 spiro atoms. The zero-order valence-electron chi connectivity index (χ0n) is 10.5. The number of nitriles is 1. The Balaban J connectivity index is 2.31. The van der Waals surface area contributed by atoms with Crippen LogP contribution in [0.15, 0.2) is 30.3 Å². The fraction of sp³-hybridized carbons (Fsp3) is 0. The molecule has 106 valence electrons. The van der Waals surface area contributed by atoms with E-state index in [1.54, 1.807) is 6.07 Å². The first-order chi connectivity index (χ1) is 9.92. The molecule has 0 bridgehead atoms. The maximum atomic E-state index is 13.5. The maximum absolute atomic E-state index is 13.5. The van der Waals surface area contributed by atoms with Gasteiger partial charge in [-0.15, -0.1) is 0 Å². The first-order valence-electron chi connectivity index (χ1n) is 5.68. The van der Waals surface area contributed by atoms with Crippen molar-refractivity contribution in [2.24, 2.45) is 0 Å². The smallest absolute Gasteiger partial charge is 0.258 e. The SMILES string of the molecule is N#Cc1cc(NC(=O)c2cc(N)c(F)cc2F)ccc1F. The summed E-state index contributed by atoms with van der Waals surface area (Å²) in [5.41, 5.74) is 4.26. The number of hydrogen-bond acceptors (Lipinski definition) is 3. The third-order valence-electron chi connectivity index (χ3n) is 2.68. The molecule has 1 amide bonds. The van der Waals surface area contributed by atoms with Gasteiger partial charge in [0.15, 0.2) is 0 Å². The summed E-state index contributed by atoms with van der Waals surface area (Å²) in [7, 11) is 0. The predicted octanol–water partition coefficient (Wildman–Crippen LogP) is 2.81. The molecule has 3 N–H and O–H groups in total. The highest BCUT2D eigenvalue weighted by Gasteiger charge is 2.15. The fourth-order valence-corrected chi connectivity index (χ4v) is 1.63. The normalized spacial score (nSPS) is 10.0. The number of nitrogens with one attached hydrogen (secondary N) is 1. The predicted molar refractivity (Wildman–Crippen MR) is 69.8 cm³/mol. The molecule has 0 fully saturated rings. The van der Waals surface area contributed by atoms with Crippen LogP contribution in [0.3, 0.4) is 0 Å². The third-order valence-corrected chi connectivity index (χ3v) is 2.68. The number of hydrogen-bond donors (Lipinski definition) is 2. The average Bonchev–Trinajstić information content (AvgIpc) is 2.44. The molecule has 0 saturated carbocycles. The van der Waals surface area contributed by atoms with E-state index in [2.05, 4.69) is 5.32 Å². The number of nitrogens with zero attached hydrogens (tertiary/aromatic N) is 1. The minimum atomic E-state index is -1.08. The molecule has 0 unspecified atom stereocenters. The van der Waals surface area contributed by atoms with E-state index in [4.69, 9.17) is 11.0 Å². The molecule has 7 heteroatoms. The van der Waals surface area contributed by atoms with E-state index >= 15 is 0 Å². The minimum Gasteiger partial charge on any atom is -0.396 e. The number of halogens is 3. The second-order valence-corrected chi connectivity index (χ2v) is 4.11. The van der Waals surface area contributed by atoms with Crippen molar-refractivity contribution in [3.8, 4) is 6.07 Å². The van der Waals surface area contributed by atoms with Crippen LogP contribution >= 0.6 is 0 Å². The molecule has 0 aliphatic heterocycles. The number of nitrogens with two attached hydrogens (primary N) is 1. The van der Waals surface area contributed by atoms with Gasteiger partial charge in [0.2, 0.25) is 0 Å². The molecule has 0 saturated heterocycles. The zero-order chi connectivity index (χ0) is 15.6. The third kappa shape index (κ3) is 2.95. The van der Waals surface area contributed by atoms with Crippen LogP contribution < -0.4 is 11.1 Å². The molecular weight excluding hydrogens is 283 g/mol. The highest BCUT2D eigenvalue weighted by atomic mass is 19.1. The second kappa shape index (κ2) is 5.54. The summed E-state index contributed by atoms with van der Waals surface area (Å²) in [6, 6.07) is 6.25. The zero-order valence-corrected chi connectivity index (χ0v) is 10.5. The van der Waals surface area contributed by atoms with Crippen LogP contribution in [0.2, 0.25) is 0 Å². The monoisotopic (exact) mass is 291 g/mol. The van der Waals surface area contributed by atoms with Crippen molar-refractivity contribution < 1.29 is 18.0 Å². The molecule has 0 heterocycles. The number of anilines is 2. The Kier molecular flexibility index (Phi) is 3.80. The first kappa shape index (κ1) is 14.4.